The van der Waals surface area contributed by atoms with Crippen LogP contribution in [0.1, 0.15) is 19.3 Å². The molecule has 0 amide bonds. The molecule has 0 aliphatic carbocycles. The molecule has 2 nitrogen and oxygen atoms in total. The molecule has 12 heavy (non-hydrogen) atoms. The van der Waals surface area contributed by atoms with E-state index >= 15 is 0 Å². The minimum absolute atomic E-state index is 0.826. The average Bonchev–Trinajstić information content (AvgIpc) is 2.21. The van der Waals surface area contributed by atoms with Crippen LogP contribution in [0, 0.1) is 5.92 Å². The smallest absolute Gasteiger partial charge is 0.0168 e. The summed E-state index contributed by atoms with van der Waals surface area (Å²) in [5, 5.41) is 6.90. The highest BCUT2D eigenvalue weighted by Gasteiger charge is 2.17. The van der Waals surface area contributed by atoms with Crippen molar-refractivity contribution in [3.05, 3.63) is 11.6 Å². The van der Waals surface area contributed by atoms with E-state index in [2.05, 4.69) is 16.7 Å². The Balaban J connectivity index is 1.92. The van der Waals surface area contributed by atoms with Crippen molar-refractivity contribution in [1.29, 1.82) is 0 Å². The third-order valence-corrected chi connectivity index (χ3v) is 2.88. The minimum atomic E-state index is 0.826. The molecule has 0 bridgehead atoms. The molecule has 1 fully saturated rings. The zero-order valence-corrected chi connectivity index (χ0v) is 7.60. The number of rotatable bonds is 1. The Hall–Kier alpha value is -0.340. The SMILES string of the molecule is C1=C(C2CCCNC2)CNCC1. The van der Waals surface area contributed by atoms with E-state index in [0.717, 1.165) is 12.5 Å². The maximum atomic E-state index is 3.46. The van der Waals surface area contributed by atoms with Gasteiger partial charge in [0.15, 0.2) is 0 Å². The second-order valence-corrected chi connectivity index (χ2v) is 3.79. The average molecular weight is 166 g/mol. The van der Waals surface area contributed by atoms with Crippen molar-refractivity contribution >= 4 is 0 Å². The normalized spacial score (nSPS) is 31.3. The molecule has 68 valence electrons. The summed E-state index contributed by atoms with van der Waals surface area (Å²) in [4.78, 5) is 0. The van der Waals surface area contributed by atoms with Crippen LogP contribution in [0.25, 0.3) is 0 Å². The topological polar surface area (TPSA) is 24.1 Å². The summed E-state index contributed by atoms with van der Waals surface area (Å²) in [5.74, 6) is 0.826. The van der Waals surface area contributed by atoms with Crippen LogP contribution in [0.2, 0.25) is 0 Å². The van der Waals surface area contributed by atoms with Crippen molar-refractivity contribution in [1.82, 2.24) is 10.6 Å². The van der Waals surface area contributed by atoms with E-state index in [1.54, 1.807) is 5.57 Å². The second-order valence-electron chi connectivity index (χ2n) is 3.79. The molecule has 0 aromatic rings. The van der Waals surface area contributed by atoms with Crippen LogP contribution in [-0.4, -0.2) is 26.2 Å². The lowest BCUT2D eigenvalue weighted by Crippen LogP contribution is -2.35. The molecule has 0 aromatic heterocycles. The van der Waals surface area contributed by atoms with E-state index in [0.29, 0.717) is 0 Å². The molecule has 1 unspecified atom stereocenters. The molecule has 1 atom stereocenters. The first-order valence-electron chi connectivity index (χ1n) is 5.07. The molecule has 1 saturated heterocycles. The molecule has 2 heterocycles. The van der Waals surface area contributed by atoms with Gasteiger partial charge in [-0.1, -0.05) is 11.6 Å². The molecular formula is C10H18N2. The van der Waals surface area contributed by atoms with Gasteiger partial charge in [0.1, 0.15) is 0 Å². The van der Waals surface area contributed by atoms with Crippen molar-refractivity contribution in [3.63, 3.8) is 0 Å². The molecule has 0 radical (unpaired) electrons. The molecule has 2 N–H and O–H groups in total. The molecule has 0 saturated carbocycles. The number of piperidine rings is 1. The minimum Gasteiger partial charge on any atom is -0.316 e. The summed E-state index contributed by atoms with van der Waals surface area (Å²) < 4.78 is 0. The summed E-state index contributed by atoms with van der Waals surface area (Å²) in [6.07, 6.45) is 6.41. The van der Waals surface area contributed by atoms with Gasteiger partial charge in [0.2, 0.25) is 0 Å². The summed E-state index contributed by atoms with van der Waals surface area (Å²) in [5.41, 5.74) is 1.65. The molecular weight excluding hydrogens is 148 g/mol. The Labute approximate surface area is 74.4 Å². The van der Waals surface area contributed by atoms with Gasteiger partial charge in [-0.2, -0.15) is 0 Å². The van der Waals surface area contributed by atoms with Gasteiger partial charge in [-0.25, -0.2) is 0 Å². The lowest BCUT2D eigenvalue weighted by atomic mass is 9.89. The zero-order valence-electron chi connectivity index (χ0n) is 7.60. The Morgan fingerprint density at radius 3 is 2.92 bits per heavy atom. The fourth-order valence-corrected chi connectivity index (χ4v) is 2.14. The van der Waals surface area contributed by atoms with Crippen LogP contribution in [0.15, 0.2) is 11.6 Å². The maximum Gasteiger partial charge on any atom is 0.0168 e. The van der Waals surface area contributed by atoms with Crippen LogP contribution < -0.4 is 10.6 Å². The fourth-order valence-electron chi connectivity index (χ4n) is 2.14. The van der Waals surface area contributed by atoms with Crippen molar-refractivity contribution < 1.29 is 0 Å². The third-order valence-electron chi connectivity index (χ3n) is 2.88. The second kappa shape index (κ2) is 4.06. The molecule has 2 rings (SSSR count). The Morgan fingerprint density at radius 1 is 1.25 bits per heavy atom. The standard InChI is InChI=1S/C10H18N2/c1-3-9(7-11-5-1)10-4-2-6-12-8-10/h3,10-12H,1-2,4-8H2. The van der Waals surface area contributed by atoms with Gasteiger partial charge in [0.25, 0.3) is 0 Å². The first-order valence-corrected chi connectivity index (χ1v) is 5.07. The van der Waals surface area contributed by atoms with Gasteiger partial charge in [-0.05, 0) is 38.3 Å². The van der Waals surface area contributed by atoms with Crippen LogP contribution in [-0.2, 0) is 0 Å². The molecule has 0 spiro atoms. The van der Waals surface area contributed by atoms with Gasteiger partial charge in [0.05, 0.1) is 0 Å². The monoisotopic (exact) mass is 166 g/mol. The Morgan fingerprint density at radius 2 is 2.25 bits per heavy atom. The van der Waals surface area contributed by atoms with Crippen molar-refractivity contribution in [2.75, 3.05) is 26.2 Å². The van der Waals surface area contributed by atoms with Gasteiger partial charge < -0.3 is 10.6 Å². The summed E-state index contributed by atoms with van der Waals surface area (Å²) in [6.45, 7) is 4.72. The maximum absolute atomic E-state index is 3.46. The van der Waals surface area contributed by atoms with Crippen LogP contribution in [0.4, 0.5) is 0 Å². The summed E-state index contributed by atoms with van der Waals surface area (Å²) >= 11 is 0. The highest BCUT2D eigenvalue weighted by molar-refractivity contribution is 5.12. The van der Waals surface area contributed by atoms with E-state index in [-0.39, 0.29) is 0 Å². The number of hydrogen-bond donors (Lipinski definition) is 2. The third kappa shape index (κ3) is 1.87. The van der Waals surface area contributed by atoms with Gasteiger partial charge >= 0.3 is 0 Å². The Kier molecular flexibility index (Phi) is 2.79. The van der Waals surface area contributed by atoms with E-state index in [1.807, 2.05) is 0 Å². The first-order chi connectivity index (χ1) is 5.97. The quantitative estimate of drug-likeness (QED) is 0.566. The van der Waals surface area contributed by atoms with E-state index in [4.69, 9.17) is 0 Å². The van der Waals surface area contributed by atoms with Crippen molar-refractivity contribution in [2.45, 2.75) is 19.3 Å². The zero-order chi connectivity index (χ0) is 8.23. The van der Waals surface area contributed by atoms with E-state index in [9.17, 15) is 0 Å². The van der Waals surface area contributed by atoms with Gasteiger partial charge in [0, 0.05) is 13.1 Å². The molecule has 2 aliphatic rings. The Bertz CT molecular complexity index is 169. The van der Waals surface area contributed by atoms with Crippen molar-refractivity contribution in [3.8, 4) is 0 Å². The molecule has 2 aliphatic heterocycles. The van der Waals surface area contributed by atoms with Crippen molar-refractivity contribution in [2.24, 2.45) is 5.92 Å². The van der Waals surface area contributed by atoms with E-state index in [1.165, 1.54) is 38.9 Å². The number of nitrogens with one attached hydrogen (secondary N) is 2. The van der Waals surface area contributed by atoms with Crippen LogP contribution in [0.5, 0.6) is 0 Å². The fraction of sp³-hybridized carbons (Fsp3) is 0.800. The summed E-state index contributed by atoms with van der Waals surface area (Å²) in [7, 11) is 0. The largest absolute Gasteiger partial charge is 0.316 e. The van der Waals surface area contributed by atoms with Crippen LogP contribution >= 0.6 is 0 Å². The number of hydrogen-bond acceptors (Lipinski definition) is 2. The molecule has 2 heteroatoms. The van der Waals surface area contributed by atoms with Gasteiger partial charge in [-0.15, -0.1) is 0 Å². The predicted octanol–water partition coefficient (Wildman–Crippen LogP) is 0.906. The lowest BCUT2D eigenvalue weighted by molar-refractivity contribution is 0.408. The van der Waals surface area contributed by atoms with E-state index < -0.39 is 0 Å². The molecule has 0 aromatic carbocycles. The summed E-state index contributed by atoms with van der Waals surface area (Å²) in [6, 6.07) is 0. The highest BCUT2D eigenvalue weighted by Crippen LogP contribution is 2.20. The highest BCUT2D eigenvalue weighted by atomic mass is 14.9. The predicted molar refractivity (Wildman–Crippen MR) is 51.2 cm³/mol. The van der Waals surface area contributed by atoms with Crippen LogP contribution in [0.3, 0.4) is 0 Å². The first kappa shape index (κ1) is 8.27. The van der Waals surface area contributed by atoms with Gasteiger partial charge in [-0.3, -0.25) is 0 Å². The lowest BCUT2D eigenvalue weighted by Gasteiger charge is -2.27.